The molecule has 1 aromatic heterocycles. The van der Waals surface area contributed by atoms with E-state index in [1.807, 2.05) is 11.3 Å². The van der Waals surface area contributed by atoms with Crippen molar-refractivity contribution in [3.05, 3.63) is 10.6 Å². The summed E-state index contributed by atoms with van der Waals surface area (Å²) < 4.78 is 0. The molecule has 3 nitrogen and oxygen atoms in total. The maximum absolute atomic E-state index is 5.03. The van der Waals surface area contributed by atoms with E-state index in [0.717, 1.165) is 12.6 Å². The summed E-state index contributed by atoms with van der Waals surface area (Å²) in [6.45, 7) is 7.83. The third kappa shape index (κ3) is 3.59. The highest BCUT2D eigenvalue weighted by Crippen LogP contribution is 2.36. The Labute approximate surface area is 133 Å². The van der Waals surface area contributed by atoms with E-state index >= 15 is 0 Å². The summed E-state index contributed by atoms with van der Waals surface area (Å²) in [6, 6.07) is 1.46. The van der Waals surface area contributed by atoms with Gasteiger partial charge in [0.15, 0.2) is 5.13 Å². The molecular weight excluding hydrogens is 278 g/mol. The second kappa shape index (κ2) is 5.88. The molecule has 2 saturated carbocycles. The third-order valence-corrected chi connectivity index (χ3v) is 5.85. The maximum atomic E-state index is 5.03. The number of hydrogen-bond donors (Lipinski definition) is 1. The van der Waals surface area contributed by atoms with Crippen molar-refractivity contribution in [2.24, 2.45) is 0 Å². The third-order valence-electron chi connectivity index (χ3n) is 4.70. The van der Waals surface area contributed by atoms with Gasteiger partial charge >= 0.3 is 0 Å². The number of rotatable bonds is 5. The van der Waals surface area contributed by atoms with Crippen molar-refractivity contribution in [2.75, 3.05) is 11.9 Å². The first-order chi connectivity index (χ1) is 9.95. The van der Waals surface area contributed by atoms with Crippen LogP contribution in [0, 0.1) is 0 Å². The lowest BCUT2D eigenvalue weighted by Crippen LogP contribution is -2.28. The highest BCUT2D eigenvalue weighted by molar-refractivity contribution is 7.15. The molecule has 3 rings (SSSR count). The van der Waals surface area contributed by atoms with Gasteiger partial charge in [-0.1, -0.05) is 33.6 Å². The first kappa shape index (κ1) is 15.3. The summed E-state index contributed by atoms with van der Waals surface area (Å²) in [6.07, 6.45) is 8.11. The predicted octanol–water partition coefficient (Wildman–Crippen LogP) is 4.07. The number of nitrogens with zero attached hydrogens (tertiary/aromatic N) is 2. The van der Waals surface area contributed by atoms with Crippen molar-refractivity contribution in [3.63, 3.8) is 0 Å². The first-order valence-electron chi connectivity index (χ1n) is 8.41. The Hall–Kier alpha value is -0.610. The van der Waals surface area contributed by atoms with Crippen LogP contribution in [-0.4, -0.2) is 24.1 Å². The summed E-state index contributed by atoms with van der Waals surface area (Å²) >= 11 is 1.90. The van der Waals surface area contributed by atoms with Crippen LogP contribution in [0.5, 0.6) is 0 Å². The lowest BCUT2D eigenvalue weighted by Gasteiger charge is -2.23. The zero-order valence-electron chi connectivity index (χ0n) is 13.9. The van der Waals surface area contributed by atoms with E-state index in [4.69, 9.17) is 4.98 Å². The summed E-state index contributed by atoms with van der Waals surface area (Å²) in [4.78, 5) is 8.91. The predicted molar refractivity (Wildman–Crippen MR) is 91.3 cm³/mol. The molecule has 0 saturated heterocycles. The number of thiazole rings is 1. The van der Waals surface area contributed by atoms with E-state index < -0.39 is 0 Å². The maximum Gasteiger partial charge on any atom is 0.185 e. The fourth-order valence-electron chi connectivity index (χ4n) is 3.17. The Morgan fingerprint density at radius 3 is 2.43 bits per heavy atom. The van der Waals surface area contributed by atoms with Crippen molar-refractivity contribution >= 4 is 16.5 Å². The summed E-state index contributed by atoms with van der Waals surface area (Å²) in [5.74, 6) is 0. The molecule has 0 bridgehead atoms. The van der Waals surface area contributed by atoms with Crippen LogP contribution in [0.3, 0.4) is 0 Å². The van der Waals surface area contributed by atoms with Gasteiger partial charge in [0.1, 0.15) is 0 Å². The molecule has 0 unspecified atom stereocenters. The molecule has 2 aliphatic rings. The largest absolute Gasteiger partial charge is 0.348 e. The molecule has 0 amide bonds. The number of aromatic nitrogens is 1. The molecule has 0 aliphatic heterocycles. The lowest BCUT2D eigenvalue weighted by molar-refractivity contribution is 0.557. The van der Waals surface area contributed by atoms with E-state index in [-0.39, 0.29) is 5.41 Å². The Morgan fingerprint density at radius 2 is 1.86 bits per heavy atom. The van der Waals surface area contributed by atoms with E-state index in [9.17, 15) is 0 Å². The summed E-state index contributed by atoms with van der Waals surface area (Å²) in [7, 11) is 2.24. The van der Waals surface area contributed by atoms with Crippen molar-refractivity contribution in [3.8, 4) is 0 Å². The average Bonchev–Trinajstić information content (AvgIpc) is 2.94. The molecular formula is C17H29N3S. The monoisotopic (exact) mass is 307 g/mol. The van der Waals surface area contributed by atoms with Crippen LogP contribution in [0.15, 0.2) is 0 Å². The van der Waals surface area contributed by atoms with Gasteiger partial charge in [0.05, 0.1) is 5.69 Å². The van der Waals surface area contributed by atoms with E-state index in [1.54, 1.807) is 0 Å². The minimum Gasteiger partial charge on any atom is -0.348 e. The highest BCUT2D eigenvalue weighted by atomic mass is 32.1. The molecule has 118 valence electrons. The topological polar surface area (TPSA) is 28.2 Å². The van der Waals surface area contributed by atoms with Crippen molar-refractivity contribution in [2.45, 2.75) is 83.3 Å². The lowest BCUT2D eigenvalue weighted by atomic mass is 9.91. The van der Waals surface area contributed by atoms with Crippen LogP contribution in [-0.2, 0) is 12.0 Å². The van der Waals surface area contributed by atoms with Crippen molar-refractivity contribution < 1.29 is 0 Å². The van der Waals surface area contributed by atoms with Gasteiger partial charge in [-0.05, 0) is 25.7 Å². The second-order valence-corrected chi connectivity index (χ2v) is 8.78. The zero-order chi connectivity index (χ0) is 15.0. The standard InChI is InChI=1S/C17H29N3S/c1-17(2,3)15-14(11-18-12-9-10-12)21-16(19-15)20(4)13-7-5-6-8-13/h12-13,18H,5-11H2,1-4H3. The van der Waals surface area contributed by atoms with E-state index in [1.165, 1.54) is 54.2 Å². The molecule has 21 heavy (non-hydrogen) atoms. The van der Waals surface area contributed by atoms with Gasteiger partial charge in [0, 0.05) is 36.0 Å². The fraction of sp³-hybridized carbons (Fsp3) is 0.824. The average molecular weight is 308 g/mol. The van der Waals surface area contributed by atoms with E-state index in [2.05, 4.69) is 38.0 Å². The van der Waals surface area contributed by atoms with Gasteiger partial charge in [-0.15, -0.1) is 11.3 Å². The van der Waals surface area contributed by atoms with Crippen molar-refractivity contribution in [1.29, 1.82) is 0 Å². The zero-order valence-corrected chi connectivity index (χ0v) is 14.7. The quantitative estimate of drug-likeness (QED) is 0.888. The molecule has 1 N–H and O–H groups in total. The Morgan fingerprint density at radius 1 is 1.19 bits per heavy atom. The summed E-state index contributed by atoms with van der Waals surface area (Å²) in [5.41, 5.74) is 1.42. The molecule has 2 aliphatic carbocycles. The molecule has 2 fully saturated rings. The van der Waals surface area contributed by atoms with Gasteiger partial charge in [0.2, 0.25) is 0 Å². The van der Waals surface area contributed by atoms with Gasteiger partial charge < -0.3 is 10.2 Å². The van der Waals surface area contributed by atoms with E-state index in [0.29, 0.717) is 6.04 Å². The highest BCUT2D eigenvalue weighted by Gasteiger charge is 2.28. The number of anilines is 1. The van der Waals surface area contributed by atoms with Crippen LogP contribution in [0.1, 0.15) is 69.9 Å². The smallest absolute Gasteiger partial charge is 0.185 e. The van der Waals surface area contributed by atoms with Crippen LogP contribution >= 0.6 is 11.3 Å². The van der Waals surface area contributed by atoms with Crippen LogP contribution < -0.4 is 10.2 Å². The number of hydrogen-bond acceptors (Lipinski definition) is 4. The minimum absolute atomic E-state index is 0.131. The molecule has 1 heterocycles. The molecule has 0 aromatic carbocycles. The molecule has 4 heteroatoms. The SMILES string of the molecule is CN(c1nc(C(C)(C)C)c(CNC2CC2)s1)C1CCCC1. The molecule has 1 aromatic rings. The molecule has 0 spiro atoms. The van der Waals surface area contributed by atoms with Gasteiger partial charge in [-0.25, -0.2) is 4.98 Å². The molecule has 0 radical (unpaired) electrons. The summed E-state index contributed by atoms with van der Waals surface area (Å²) in [5, 5.41) is 4.88. The Kier molecular flexibility index (Phi) is 4.28. The second-order valence-electron chi connectivity index (χ2n) is 7.72. The van der Waals surface area contributed by atoms with Crippen LogP contribution in [0.2, 0.25) is 0 Å². The fourth-order valence-corrected chi connectivity index (χ4v) is 4.42. The van der Waals surface area contributed by atoms with Crippen LogP contribution in [0.4, 0.5) is 5.13 Å². The first-order valence-corrected chi connectivity index (χ1v) is 9.23. The van der Waals surface area contributed by atoms with Gasteiger partial charge in [-0.2, -0.15) is 0 Å². The Balaban J connectivity index is 1.79. The molecule has 0 atom stereocenters. The van der Waals surface area contributed by atoms with Gasteiger partial charge in [-0.3, -0.25) is 0 Å². The number of nitrogens with one attached hydrogen (secondary N) is 1. The van der Waals surface area contributed by atoms with Crippen molar-refractivity contribution in [1.82, 2.24) is 10.3 Å². The Bertz CT molecular complexity index is 479. The normalized spacial score (nSPS) is 20.2. The minimum atomic E-state index is 0.131. The van der Waals surface area contributed by atoms with Crippen LogP contribution in [0.25, 0.3) is 0 Å². The van der Waals surface area contributed by atoms with Gasteiger partial charge in [0.25, 0.3) is 0 Å².